The molecule has 0 aliphatic rings. The van der Waals surface area contributed by atoms with Crippen molar-refractivity contribution in [2.24, 2.45) is 0 Å². The van der Waals surface area contributed by atoms with Gasteiger partial charge in [-0.2, -0.15) is 18.3 Å². The number of aromatic amines is 1. The Morgan fingerprint density at radius 1 is 1.32 bits per heavy atom. The van der Waals surface area contributed by atoms with Crippen LogP contribution in [0.3, 0.4) is 0 Å². The summed E-state index contributed by atoms with van der Waals surface area (Å²) in [4.78, 5) is 15.3. The Bertz CT molecular complexity index is 892. The highest BCUT2D eigenvalue weighted by atomic mass is 32.1. The van der Waals surface area contributed by atoms with Crippen LogP contribution in [0.25, 0.3) is 10.7 Å². The van der Waals surface area contributed by atoms with Gasteiger partial charge in [0.1, 0.15) is 11.5 Å². The Kier molecular flexibility index (Phi) is 4.40. The number of benzene rings is 1. The Morgan fingerprint density at radius 2 is 2.12 bits per heavy atom. The minimum Gasteiger partial charge on any atom is -0.372 e. The van der Waals surface area contributed by atoms with Crippen molar-refractivity contribution < 1.29 is 18.1 Å². The lowest BCUT2D eigenvalue weighted by Crippen LogP contribution is -2.08. The van der Waals surface area contributed by atoms with Crippen molar-refractivity contribution in [3.63, 3.8) is 0 Å². The largest absolute Gasteiger partial charge is 0.416 e. The Labute approximate surface area is 142 Å². The lowest BCUT2D eigenvalue weighted by Gasteiger charge is -2.09. The minimum atomic E-state index is -4.65. The second-order valence-electron chi connectivity index (χ2n) is 4.92. The summed E-state index contributed by atoms with van der Waals surface area (Å²) in [6.07, 6.45) is -4.65. The second-order valence-corrected chi connectivity index (χ2v) is 5.87. The number of H-pyrrole nitrogens is 1. The zero-order valence-corrected chi connectivity index (χ0v) is 13.2. The predicted molar refractivity (Wildman–Crippen MR) is 85.1 cm³/mol. The average Bonchev–Trinajstić information content (AvgIpc) is 3.22. The van der Waals surface area contributed by atoms with E-state index in [1.54, 1.807) is 0 Å². The molecular weight excluding hydrogens is 359 g/mol. The molecule has 0 amide bonds. The topological polar surface area (TPSA) is 96.7 Å². The van der Waals surface area contributed by atoms with E-state index >= 15 is 0 Å². The number of nitro benzene ring substituents is 1. The fourth-order valence-corrected chi connectivity index (χ4v) is 2.74. The Morgan fingerprint density at radius 3 is 2.76 bits per heavy atom. The van der Waals surface area contributed by atoms with E-state index in [0.717, 1.165) is 17.0 Å². The van der Waals surface area contributed by atoms with Gasteiger partial charge in [0.25, 0.3) is 5.69 Å². The van der Waals surface area contributed by atoms with Gasteiger partial charge in [-0.15, -0.1) is 11.3 Å². The number of nitrogens with zero attached hydrogens (tertiary/aromatic N) is 3. The summed E-state index contributed by atoms with van der Waals surface area (Å²) in [6.45, 7) is 0.0462. The van der Waals surface area contributed by atoms with Crippen LogP contribution in [-0.2, 0) is 12.7 Å². The first-order valence-electron chi connectivity index (χ1n) is 6.89. The molecule has 0 unspecified atom stereocenters. The third-order valence-electron chi connectivity index (χ3n) is 3.24. The molecule has 130 valence electrons. The molecular formula is C14H10F3N5O2S. The first-order chi connectivity index (χ1) is 11.8. The van der Waals surface area contributed by atoms with E-state index in [0.29, 0.717) is 17.7 Å². The van der Waals surface area contributed by atoms with E-state index in [1.807, 2.05) is 17.5 Å². The molecule has 2 aromatic heterocycles. The summed E-state index contributed by atoms with van der Waals surface area (Å²) < 4.78 is 38.1. The van der Waals surface area contributed by atoms with Crippen molar-refractivity contribution in [2.75, 3.05) is 5.32 Å². The van der Waals surface area contributed by atoms with Gasteiger partial charge < -0.3 is 5.32 Å². The minimum absolute atomic E-state index is 0.0351. The van der Waals surface area contributed by atoms with Crippen LogP contribution in [0.2, 0.25) is 0 Å². The average molecular weight is 369 g/mol. The molecule has 2 N–H and O–H groups in total. The van der Waals surface area contributed by atoms with Gasteiger partial charge in [0.2, 0.25) is 0 Å². The van der Waals surface area contributed by atoms with Crippen molar-refractivity contribution in [2.45, 2.75) is 12.7 Å². The van der Waals surface area contributed by atoms with E-state index < -0.39 is 22.4 Å². The van der Waals surface area contributed by atoms with Crippen LogP contribution in [0.5, 0.6) is 0 Å². The molecule has 25 heavy (non-hydrogen) atoms. The molecule has 0 spiro atoms. The molecule has 7 nitrogen and oxygen atoms in total. The van der Waals surface area contributed by atoms with Gasteiger partial charge in [-0.25, -0.2) is 4.98 Å². The number of hydrogen-bond donors (Lipinski definition) is 2. The second kappa shape index (κ2) is 6.51. The van der Waals surface area contributed by atoms with E-state index in [2.05, 4.69) is 20.5 Å². The standard InChI is InChI=1S/C14H10F3N5O2S/c15-14(16,17)8-3-4-9(10(6-8)22(23)24)18-7-12-19-13(21-20-12)11-2-1-5-25-11/h1-6,18H,7H2,(H,19,20,21). The van der Waals surface area contributed by atoms with Crippen LogP contribution in [-0.4, -0.2) is 20.1 Å². The van der Waals surface area contributed by atoms with Crippen LogP contribution in [0.4, 0.5) is 24.5 Å². The lowest BCUT2D eigenvalue weighted by atomic mass is 10.1. The van der Waals surface area contributed by atoms with Crippen molar-refractivity contribution in [3.05, 3.63) is 57.2 Å². The molecule has 0 saturated heterocycles. The number of anilines is 1. The van der Waals surface area contributed by atoms with Crippen LogP contribution < -0.4 is 5.32 Å². The van der Waals surface area contributed by atoms with Gasteiger partial charge in [-0.1, -0.05) is 6.07 Å². The van der Waals surface area contributed by atoms with E-state index in [4.69, 9.17) is 0 Å². The van der Waals surface area contributed by atoms with E-state index in [-0.39, 0.29) is 12.2 Å². The van der Waals surface area contributed by atoms with Gasteiger partial charge in [-0.3, -0.25) is 15.2 Å². The first kappa shape index (κ1) is 16.9. The number of hydrogen-bond acceptors (Lipinski definition) is 6. The smallest absolute Gasteiger partial charge is 0.372 e. The number of halogens is 3. The third kappa shape index (κ3) is 3.76. The molecule has 3 aromatic rings. The van der Waals surface area contributed by atoms with E-state index in [1.165, 1.54) is 11.3 Å². The molecule has 0 radical (unpaired) electrons. The van der Waals surface area contributed by atoms with E-state index in [9.17, 15) is 23.3 Å². The van der Waals surface area contributed by atoms with Gasteiger partial charge in [0, 0.05) is 6.07 Å². The van der Waals surface area contributed by atoms with Crippen molar-refractivity contribution >= 4 is 22.7 Å². The highest BCUT2D eigenvalue weighted by Crippen LogP contribution is 2.35. The fraction of sp³-hybridized carbons (Fsp3) is 0.143. The number of aromatic nitrogens is 3. The number of rotatable bonds is 5. The van der Waals surface area contributed by atoms with Gasteiger partial charge in [0.15, 0.2) is 5.82 Å². The molecule has 0 aliphatic carbocycles. The van der Waals surface area contributed by atoms with Gasteiger partial charge in [-0.05, 0) is 23.6 Å². The molecule has 2 heterocycles. The summed E-state index contributed by atoms with van der Waals surface area (Å²) in [5, 5.41) is 22.3. The number of nitrogens with one attached hydrogen (secondary N) is 2. The maximum atomic E-state index is 12.7. The SMILES string of the molecule is O=[N+]([O-])c1cc(C(F)(F)F)ccc1NCc1nc(-c2cccs2)n[nH]1. The van der Waals surface area contributed by atoms with Crippen LogP contribution in [0, 0.1) is 10.1 Å². The maximum absolute atomic E-state index is 12.7. The van der Waals surface area contributed by atoms with Crippen molar-refractivity contribution in [1.82, 2.24) is 15.2 Å². The van der Waals surface area contributed by atoms with Crippen molar-refractivity contribution in [1.29, 1.82) is 0 Å². The summed E-state index contributed by atoms with van der Waals surface area (Å²) in [5.41, 5.74) is -1.77. The Hall–Kier alpha value is -2.95. The summed E-state index contributed by atoms with van der Waals surface area (Å²) in [6, 6.07) is 6.00. The van der Waals surface area contributed by atoms with Gasteiger partial charge in [0.05, 0.1) is 21.9 Å². The highest BCUT2D eigenvalue weighted by molar-refractivity contribution is 7.13. The molecule has 1 aromatic carbocycles. The highest BCUT2D eigenvalue weighted by Gasteiger charge is 2.33. The zero-order chi connectivity index (χ0) is 18.0. The fourth-order valence-electron chi connectivity index (χ4n) is 2.08. The predicted octanol–water partition coefficient (Wildman–Crippen LogP) is 4.07. The summed E-state index contributed by atoms with van der Waals surface area (Å²) >= 11 is 1.45. The molecule has 3 rings (SSSR count). The lowest BCUT2D eigenvalue weighted by molar-refractivity contribution is -0.384. The number of thiophene rings is 1. The van der Waals surface area contributed by atoms with Gasteiger partial charge >= 0.3 is 6.18 Å². The summed E-state index contributed by atoms with van der Waals surface area (Å²) in [7, 11) is 0. The van der Waals surface area contributed by atoms with Crippen LogP contribution >= 0.6 is 11.3 Å². The number of alkyl halides is 3. The van der Waals surface area contributed by atoms with Crippen molar-refractivity contribution in [3.8, 4) is 10.7 Å². The molecule has 11 heteroatoms. The Balaban J connectivity index is 1.78. The summed E-state index contributed by atoms with van der Waals surface area (Å²) in [5.74, 6) is 0.881. The molecule has 0 bridgehead atoms. The molecule has 0 atom stereocenters. The molecule has 0 fully saturated rings. The number of nitro groups is 1. The monoisotopic (exact) mass is 369 g/mol. The molecule has 0 saturated carbocycles. The zero-order valence-electron chi connectivity index (χ0n) is 12.4. The third-order valence-corrected chi connectivity index (χ3v) is 4.11. The molecule has 0 aliphatic heterocycles. The first-order valence-corrected chi connectivity index (χ1v) is 7.77. The van der Waals surface area contributed by atoms with Crippen LogP contribution in [0.1, 0.15) is 11.4 Å². The normalized spacial score (nSPS) is 11.5. The van der Waals surface area contributed by atoms with Crippen LogP contribution in [0.15, 0.2) is 35.7 Å². The maximum Gasteiger partial charge on any atom is 0.416 e. The quantitative estimate of drug-likeness (QED) is 0.522.